The van der Waals surface area contributed by atoms with Crippen molar-refractivity contribution in [1.29, 1.82) is 0 Å². The van der Waals surface area contributed by atoms with Crippen LogP contribution in [0.4, 0.5) is 0 Å². The first-order valence-electron chi connectivity index (χ1n) is 26.1. The Balaban J connectivity index is 1.44. The molecule has 0 unspecified atom stereocenters. The maximum atomic E-state index is 14.6. The minimum Gasteiger partial charge on any atom is -0.480 e. The molecule has 4 rings (SSSR count). The van der Waals surface area contributed by atoms with E-state index in [9.17, 15) is 67.4 Å². The van der Waals surface area contributed by atoms with Crippen LogP contribution in [-0.4, -0.2) is 185 Å². The summed E-state index contributed by atoms with van der Waals surface area (Å²) >= 11 is 0. The van der Waals surface area contributed by atoms with E-state index in [-0.39, 0.29) is 77.0 Å². The Morgan fingerprint density at radius 1 is 0.582 bits per heavy atom. The predicted molar refractivity (Wildman–Crippen MR) is 279 cm³/mol. The van der Waals surface area contributed by atoms with Crippen LogP contribution in [0.25, 0.3) is 0 Å². The number of nitrogens with two attached hydrogens (primary N) is 5. The number of amides is 12. The molecule has 0 aromatic heterocycles. The highest BCUT2D eigenvalue weighted by molar-refractivity contribution is 5.99. The molecule has 3 heterocycles. The lowest BCUT2D eigenvalue weighted by Crippen LogP contribution is -2.60. The van der Waals surface area contributed by atoms with Crippen molar-refractivity contribution < 1.29 is 67.4 Å². The second-order valence-electron chi connectivity index (χ2n) is 19.4. The predicted octanol–water partition coefficient (Wildman–Crippen LogP) is -6.45. The van der Waals surface area contributed by atoms with Crippen molar-refractivity contribution in [2.75, 3.05) is 39.3 Å². The van der Waals surface area contributed by atoms with Crippen molar-refractivity contribution in [3.63, 3.8) is 0 Å². The number of benzene rings is 1. The molecule has 30 nitrogen and oxygen atoms in total. The molecule has 434 valence electrons. The summed E-state index contributed by atoms with van der Waals surface area (Å²) in [6, 6.07) is -1.01. The summed E-state index contributed by atoms with van der Waals surface area (Å²) in [7, 11) is 0. The number of aliphatic carboxylic acids is 1. The zero-order valence-corrected chi connectivity index (χ0v) is 43.8. The Kier molecular flexibility index (Phi) is 25.3. The summed E-state index contributed by atoms with van der Waals surface area (Å²) in [5, 5.41) is 29.7. The van der Waals surface area contributed by atoms with Gasteiger partial charge in [-0.15, -0.1) is 0 Å². The molecule has 3 fully saturated rings. The molecule has 12 amide bonds. The molecule has 79 heavy (non-hydrogen) atoms. The van der Waals surface area contributed by atoms with E-state index < -0.39 is 158 Å². The molecule has 3 saturated heterocycles. The lowest BCUT2D eigenvalue weighted by atomic mass is 10.0. The second-order valence-corrected chi connectivity index (χ2v) is 19.4. The number of likely N-dealkylation sites (tertiary alicyclic amines) is 2. The van der Waals surface area contributed by atoms with E-state index in [1.807, 2.05) is 0 Å². The number of hydrogen-bond donors (Lipinski definition) is 14. The monoisotopic (exact) mass is 1110 g/mol. The molecule has 19 N–H and O–H groups in total. The number of carbonyl (C=O) groups excluding carboxylic acids is 12. The maximum absolute atomic E-state index is 14.6. The van der Waals surface area contributed by atoms with Crippen LogP contribution >= 0.6 is 0 Å². The van der Waals surface area contributed by atoms with Gasteiger partial charge in [0.2, 0.25) is 70.9 Å². The number of rotatable bonds is 32. The van der Waals surface area contributed by atoms with Crippen LogP contribution in [0.1, 0.15) is 95.5 Å². The average molecular weight is 1110 g/mol. The highest BCUT2D eigenvalue weighted by Gasteiger charge is 2.45. The molecule has 3 aliphatic heterocycles. The number of hydrogen-bond acceptors (Lipinski definition) is 15. The van der Waals surface area contributed by atoms with Crippen molar-refractivity contribution in [3.8, 4) is 0 Å². The van der Waals surface area contributed by atoms with Gasteiger partial charge in [0.15, 0.2) is 5.96 Å². The van der Waals surface area contributed by atoms with Crippen LogP contribution in [0.3, 0.4) is 0 Å². The summed E-state index contributed by atoms with van der Waals surface area (Å²) in [5.41, 5.74) is 27.3. The molecule has 0 bridgehead atoms. The summed E-state index contributed by atoms with van der Waals surface area (Å²) in [6.45, 7) is -0.547. The van der Waals surface area contributed by atoms with Crippen LogP contribution in [-0.2, 0) is 68.7 Å². The summed E-state index contributed by atoms with van der Waals surface area (Å²) in [6.07, 6.45) is 0.429. The second kappa shape index (κ2) is 31.7. The van der Waals surface area contributed by atoms with Crippen LogP contribution < -0.4 is 71.2 Å². The first-order valence-corrected chi connectivity index (χ1v) is 26.1. The molecule has 3 aliphatic rings. The van der Waals surface area contributed by atoms with E-state index in [2.05, 4.69) is 47.5 Å². The standard InChI is InChI=1S/C49H74N16O14/c50-36(66)17-14-29(41(71)58-25-39(69)57-26-40(70)59-32(48(78)79)11-5-21-56-49(53)54)60-43(73)31(16-19-38(52)68)62-45(75)34-12-6-22-64(34)47(77)35-13-7-23-65(35)46(76)33(24-27-8-2-1-3-9-27)63-44(74)30(15-18-37(51)67)61-42(72)28-10-4-20-55-28/h1-3,8-9,28-35,55H,4-7,10-26H2,(H2,50,66)(H2,51,67)(H2,52,68)(H,57,69)(H,58,71)(H,59,70)(H,60,73)(H,61,72)(H,62,75)(H,63,74)(H,78,79)(H4,53,54,56)/t28-,29-,30-,31-,32-,33-,34-,35-/m0/s1. The molecule has 0 aliphatic carbocycles. The fourth-order valence-electron chi connectivity index (χ4n) is 9.23. The van der Waals surface area contributed by atoms with Crippen molar-refractivity contribution in [3.05, 3.63) is 35.9 Å². The summed E-state index contributed by atoms with van der Waals surface area (Å²) in [5.74, 6) is -11.0. The Bertz CT molecular complexity index is 2420. The number of aliphatic imine (C=N–C) groups is 1. The molecular weight excluding hydrogens is 1040 g/mol. The van der Waals surface area contributed by atoms with Gasteiger partial charge in [0.25, 0.3) is 0 Å². The van der Waals surface area contributed by atoms with Crippen LogP contribution in [0.15, 0.2) is 35.3 Å². The third kappa shape index (κ3) is 21.1. The minimum atomic E-state index is -1.56. The molecule has 1 aromatic rings. The van der Waals surface area contributed by atoms with E-state index in [0.29, 0.717) is 31.4 Å². The van der Waals surface area contributed by atoms with Gasteiger partial charge in [0.05, 0.1) is 19.1 Å². The highest BCUT2D eigenvalue weighted by atomic mass is 16.4. The van der Waals surface area contributed by atoms with Crippen molar-refractivity contribution >= 4 is 82.8 Å². The Morgan fingerprint density at radius 3 is 1.68 bits per heavy atom. The van der Waals surface area contributed by atoms with Crippen LogP contribution in [0, 0.1) is 0 Å². The van der Waals surface area contributed by atoms with Gasteiger partial charge in [-0.1, -0.05) is 30.3 Å². The molecule has 30 heteroatoms. The fraction of sp³-hybridized carbons (Fsp3) is 0.592. The molecule has 0 spiro atoms. The van der Waals surface area contributed by atoms with Gasteiger partial charge in [-0.05, 0) is 82.7 Å². The number of primary amides is 3. The van der Waals surface area contributed by atoms with Gasteiger partial charge in [-0.25, -0.2) is 4.79 Å². The maximum Gasteiger partial charge on any atom is 0.326 e. The van der Waals surface area contributed by atoms with Gasteiger partial charge in [0.1, 0.15) is 42.3 Å². The lowest BCUT2D eigenvalue weighted by Gasteiger charge is -2.33. The molecular formula is C49H74N16O14. The number of carbonyl (C=O) groups is 13. The Hall–Kier alpha value is -8.44. The first-order chi connectivity index (χ1) is 37.5. The minimum absolute atomic E-state index is 0.0168. The van der Waals surface area contributed by atoms with Crippen molar-refractivity contribution in [2.24, 2.45) is 33.7 Å². The Morgan fingerprint density at radius 2 is 1.13 bits per heavy atom. The third-order valence-electron chi connectivity index (χ3n) is 13.3. The number of carboxylic acid groups (broad SMARTS) is 1. The van der Waals surface area contributed by atoms with E-state index >= 15 is 0 Å². The third-order valence-corrected chi connectivity index (χ3v) is 13.3. The van der Waals surface area contributed by atoms with E-state index in [1.165, 1.54) is 9.80 Å². The fourth-order valence-corrected chi connectivity index (χ4v) is 9.23. The molecule has 8 atom stereocenters. The summed E-state index contributed by atoms with van der Waals surface area (Å²) < 4.78 is 0. The Labute approximate surface area is 455 Å². The quantitative estimate of drug-likeness (QED) is 0.0181. The topological polar surface area (TPSA) is 487 Å². The van der Waals surface area contributed by atoms with E-state index in [1.54, 1.807) is 30.3 Å². The normalized spacial score (nSPS) is 18.5. The summed E-state index contributed by atoms with van der Waals surface area (Å²) in [4.78, 5) is 176. The zero-order chi connectivity index (χ0) is 58.2. The molecule has 0 radical (unpaired) electrons. The zero-order valence-electron chi connectivity index (χ0n) is 43.8. The highest BCUT2D eigenvalue weighted by Crippen LogP contribution is 2.26. The average Bonchev–Trinajstić information content (AvgIpc) is 4.26. The SMILES string of the molecule is NC(=O)CC[C@H](NC(=O)[C@H](CCC(N)=O)NC(=O)[C@@H]1CCCN1C(=O)[C@@H]1CCCN1C(=O)[C@H](Cc1ccccc1)NC(=O)[C@H](CCC(N)=O)NC(=O)[C@@H]1CCCN1)C(=O)NCC(=O)NCC(=O)N[C@@H](CCCN=C(N)N)C(=O)O. The van der Waals surface area contributed by atoms with Crippen LogP contribution in [0.5, 0.6) is 0 Å². The molecule has 0 saturated carbocycles. The van der Waals surface area contributed by atoms with Crippen molar-refractivity contribution in [2.45, 2.75) is 145 Å². The van der Waals surface area contributed by atoms with Gasteiger partial charge in [0, 0.05) is 45.3 Å². The van der Waals surface area contributed by atoms with Crippen LogP contribution in [0.2, 0.25) is 0 Å². The smallest absolute Gasteiger partial charge is 0.326 e. The van der Waals surface area contributed by atoms with Gasteiger partial charge >= 0.3 is 5.97 Å². The van der Waals surface area contributed by atoms with E-state index in [4.69, 9.17) is 28.7 Å². The lowest BCUT2D eigenvalue weighted by molar-refractivity contribution is -0.148. The van der Waals surface area contributed by atoms with E-state index in [0.717, 1.165) is 6.42 Å². The number of nitrogens with one attached hydrogen (secondary N) is 8. The number of nitrogens with zero attached hydrogens (tertiary/aromatic N) is 3. The largest absolute Gasteiger partial charge is 0.480 e. The van der Waals surface area contributed by atoms with Gasteiger partial charge in [-0.2, -0.15) is 0 Å². The molecule has 1 aromatic carbocycles. The number of guanidine groups is 1. The van der Waals surface area contributed by atoms with Crippen molar-refractivity contribution in [1.82, 2.24) is 52.3 Å². The first kappa shape index (κ1) is 63.1. The van der Waals surface area contributed by atoms with Gasteiger partial charge < -0.3 is 86.1 Å². The van der Waals surface area contributed by atoms with Gasteiger partial charge in [-0.3, -0.25) is 62.5 Å². The number of carboxylic acids is 1.